The topological polar surface area (TPSA) is 91.4 Å². The van der Waals surface area contributed by atoms with E-state index in [1.165, 1.54) is 6.33 Å². The molecule has 5 nitrogen and oxygen atoms in total. The zero-order valence-corrected chi connectivity index (χ0v) is 10.7. The van der Waals surface area contributed by atoms with E-state index in [0.717, 1.165) is 5.56 Å². The van der Waals surface area contributed by atoms with Crippen molar-refractivity contribution >= 4 is 11.6 Å². The summed E-state index contributed by atoms with van der Waals surface area (Å²) in [5.41, 5.74) is 7.00. The lowest BCUT2D eigenvalue weighted by Gasteiger charge is -2.17. The van der Waals surface area contributed by atoms with Crippen LogP contribution < -0.4 is 5.73 Å². The first-order valence-corrected chi connectivity index (χ1v) is 5.91. The highest BCUT2D eigenvalue weighted by molar-refractivity contribution is 6.30. The van der Waals surface area contributed by atoms with Crippen molar-refractivity contribution < 1.29 is 0 Å². The fraction of sp³-hybridized carbons (Fsp3) is 0.154. The molecular formula is C13H10ClN5. The normalized spacial score (nSPS) is 11.6. The Hall–Kier alpha value is -2.34. The Balaban J connectivity index is 2.49. The van der Waals surface area contributed by atoms with Gasteiger partial charge < -0.3 is 10.3 Å². The van der Waals surface area contributed by atoms with Crippen LogP contribution in [0.5, 0.6) is 0 Å². The third-order valence-electron chi connectivity index (χ3n) is 2.82. The highest BCUT2D eigenvalue weighted by Crippen LogP contribution is 2.22. The molecule has 0 spiro atoms. The summed E-state index contributed by atoms with van der Waals surface area (Å²) in [5.74, 6) is 0. The molecule has 0 bridgehead atoms. The fourth-order valence-electron chi connectivity index (χ4n) is 1.89. The molecule has 2 N–H and O–H groups in total. The molecule has 19 heavy (non-hydrogen) atoms. The molecule has 94 valence electrons. The highest BCUT2D eigenvalue weighted by atomic mass is 35.5. The van der Waals surface area contributed by atoms with Gasteiger partial charge in [0.25, 0.3) is 0 Å². The van der Waals surface area contributed by atoms with Gasteiger partial charge in [0.2, 0.25) is 0 Å². The van der Waals surface area contributed by atoms with Crippen LogP contribution in [0.3, 0.4) is 0 Å². The molecule has 2 aromatic rings. The minimum Gasteiger partial charge on any atom is -0.328 e. The number of imidazole rings is 1. The molecule has 1 unspecified atom stereocenters. The Morgan fingerprint density at radius 1 is 1.26 bits per heavy atom. The average molecular weight is 272 g/mol. The standard InChI is InChI=1S/C13H10ClN5/c14-10-3-1-9(2-4-10)12(6-16)19-8-18-11(5-15)13(19)7-17/h1-4,8,12H,6,16H2. The van der Waals surface area contributed by atoms with E-state index in [4.69, 9.17) is 27.9 Å². The van der Waals surface area contributed by atoms with E-state index in [1.54, 1.807) is 16.7 Å². The Kier molecular flexibility index (Phi) is 3.82. The van der Waals surface area contributed by atoms with Gasteiger partial charge in [-0.05, 0) is 17.7 Å². The van der Waals surface area contributed by atoms with Gasteiger partial charge in [-0.1, -0.05) is 23.7 Å². The first kappa shape index (κ1) is 13.1. The zero-order chi connectivity index (χ0) is 13.8. The van der Waals surface area contributed by atoms with Crippen molar-refractivity contribution in [3.8, 4) is 12.1 Å². The Morgan fingerprint density at radius 3 is 2.47 bits per heavy atom. The Labute approximate surface area is 115 Å². The molecule has 1 aromatic heterocycles. The van der Waals surface area contributed by atoms with E-state index >= 15 is 0 Å². The van der Waals surface area contributed by atoms with Crippen molar-refractivity contribution in [3.63, 3.8) is 0 Å². The lowest BCUT2D eigenvalue weighted by atomic mass is 10.1. The summed E-state index contributed by atoms with van der Waals surface area (Å²) < 4.78 is 1.61. The molecule has 0 saturated carbocycles. The third kappa shape index (κ3) is 2.43. The summed E-state index contributed by atoms with van der Waals surface area (Å²) in [6, 6.07) is 10.8. The van der Waals surface area contributed by atoms with Crippen molar-refractivity contribution in [1.29, 1.82) is 10.5 Å². The maximum Gasteiger partial charge on any atom is 0.176 e. The summed E-state index contributed by atoms with van der Waals surface area (Å²) in [4.78, 5) is 3.92. The molecule has 1 aromatic carbocycles. The summed E-state index contributed by atoms with van der Waals surface area (Å²) in [6.45, 7) is 0.289. The number of hydrogen-bond acceptors (Lipinski definition) is 4. The Morgan fingerprint density at radius 2 is 1.95 bits per heavy atom. The van der Waals surface area contributed by atoms with Crippen LogP contribution in [0.4, 0.5) is 0 Å². The van der Waals surface area contributed by atoms with Crippen LogP contribution in [0.1, 0.15) is 23.0 Å². The van der Waals surface area contributed by atoms with Crippen molar-refractivity contribution in [2.45, 2.75) is 6.04 Å². The van der Waals surface area contributed by atoms with Crippen molar-refractivity contribution in [1.82, 2.24) is 9.55 Å². The van der Waals surface area contributed by atoms with Gasteiger partial charge in [0.1, 0.15) is 12.1 Å². The maximum absolute atomic E-state index is 9.13. The Bertz CT molecular complexity index is 660. The van der Waals surface area contributed by atoms with Crippen molar-refractivity contribution in [3.05, 3.63) is 52.6 Å². The van der Waals surface area contributed by atoms with Crippen LogP contribution in [0.15, 0.2) is 30.6 Å². The minimum atomic E-state index is -0.249. The number of rotatable bonds is 3. The number of nitrogens with zero attached hydrogens (tertiary/aromatic N) is 4. The van der Waals surface area contributed by atoms with E-state index in [0.29, 0.717) is 5.02 Å². The molecule has 0 aliphatic carbocycles. The number of hydrogen-bond donors (Lipinski definition) is 1. The van der Waals surface area contributed by atoms with E-state index in [2.05, 4.69) is 4.98 Å². The zero-order valence-electron chi connectivity index (χ0n) is 9.92. The van der Waals surface area contributed by atoms with Gasteiger partial charge in [-0.15, -0.1) is 0 Å². The fourth-order valence-corrected chi connectivity index (χ4v) is 2.01. The second-order valence-corrected chi connectivity index (χ2v) is 4.31. The van der Waals surface area contributed by atoms with Crippen LogP contribution in [-0.4, -0.2) is 16.1 Å². The summed E-state index contributed by atoms with van der Waals surface area (Å²) >= 11 is 5.84. The van der Waals surface area contributed by atoms with Gasteiger partial charge in [0, 0.05) is 11.6 Å². The molecule has 2 rings (SSSR count). The molecule has 0 aliphatic heterocycles. The predicted octanol–water partition coefficient (Wildman–Crippen LogP) is 1.83. The van der Waals surface area contributed by atoms with E-state index in [1.807, 2.05) is 24.3 Å². The molecule has 0 aliphatic rings. The van der Waals surface area contributed by atoms with Crippen LogP contribution in [0.25, 0.3) is 0 Å². The van der Waals surface area contributed by atoms with Crippen LogP contribution in [0, 0.1) is 22.7 Å². The number of nitriles is 2. The third-order valence-corrected chi connectivity index (χ3v) is 3.07. The molecule has 0 amide bonds. The predicted molar refractivity (Wildman–Crippen MR) is 70.3 cm³/mol. The lowest BCUT2D eigenvalue weighted by Crippen LogP contribution is -2.21. The maximum atomic E-state index is 9.13. The van der Waals surface area contributed by atoms with Crippen molar-refractivity contribution in [2.75, 3.05) is 6.54 Å². The number of nitrogens with two attached hydrogens (primary N) is 1. The smallest absolute Gasteiger partial charge is 0.176 e. The SMILES string of the molecule is N#Cc1ncn(C(CN)c2ccc(Cl)cc2)c1C#N. The summed E-state index contributed by atoms with van der Waals surface area (Å²) in [7, 11) is 0. The van der Waals surface area contributed by atoms with E-state index in [-0.39, 0.29) is 24.0 Å². The van der Waals surface area contributed by atoms with Gasteiger partial charge in [-0.2, -0.15) is 10.5 Å². The van der Waals surface area contributed by atoms with Crippen LogP contribution in [-0.2, 0) is 0 Å². The number of benzene rings is 1. The van der Waals surface area contributed by atoms with Gasteiger partial charge in [-0.3, -0.25) is 0 Å². The number of aromatic nitrogens is 2. The molecule has 6 heteroatoms. The van der Waals surface area contributed by atoms with Crippen molar-refractivity contribution in [2.24, 2.45) is 5.73 Å². The van der Waals surface area contributed by atoms with Gasteiger partial charge in [0.15, 0.2) is 11.4 Å². The van der Waals surface area contributed by atoms with Gasteiger partial charge in [0.05, 0.1) is 12.4 Å². The van der Waals surface area contributed by atoms with Crippen LogP contribution in [0.2, 0.25) is 5.02 Å². The molecule has 0 saturated heterocycles. The first-order valence-electron chi connectivity index (χ1n) is 5.53. The monoisotopic (exact) mass is 271 g/mol. The molecule has 1 heterocycles. The second kappa shape index (κ2) is 5.53. The van der Waals surface area contributed by atoms with E-state index in [9.17, 15) is 0 Å². The molecular weight excluding hydrogens is 262 g/mol. The average Bonchev–Trinajstić information content (AvgIpc) is 2.84. The summed E-state index contributed by atoms with van der Waals surface area (Å²) in [6.07, 6.45) is 1.46. The lowest BCUT2D eigenvalue weighted by molar-refractivity contribution is 0.588. The largest absolute Gasteiger partial charge is 0.328 e. The quantitative estimate of drug-likeness (QED) is 0.922. The highest BCUT2D eigenvalue weighted by Gasteiger charge is 2.18. The van der Waals surface area contributed by atoms with Crippen LogP contribution >= 0.6 is 11.6 Å². The summed E-state index contributed by atoms with van der Waals surface area (Å²) in [5, 5.41) is 18.7. The second-order valence-electron chi connectivity index (χ2n) is 3.88. The number of halogens is 1. The minimum absolute atomic E-state index is 0.106. The molecule has 1 atom stereocenters. The van der Waals surface area contributed by atoms with E-state index < -0.39 is 0 Å². The molecule has 0 radical (unpaired) electrons. The molecule has 0 fully saturated rings. The van der Waals surface area contributed by atoms with Gasteiger partial charge >= 0.3 is 0 Å². The first-order chi connectivity index (χ1) is 9.21. The van der Waals surface area contributed by atoms with Gasteiger partial charge in [-0.25, -0.2) is 4.98 Å².